The van der Waals surface area contributed by atoms with E-state index < -0.39 is 0 Å². The molecule has 0 saturated carbocycles. The summed E-state index contributed by atoms with van der Waals surface area (Å²) >= 11 is 0. The Hall–Kier alpha value is -1.45. The minimum absolute atomic E-state index is 0. The van der Waals surface area contributed by atoms with Gasteiger partial charge in [0.05, 0.1) is 12.8 Å². The van der Waals surface area contributed by atoms with Gasteiger partial charge >= 0.3 is 0 Å². The van der Waals surface area contributed by atoms with Crippen LogP contribution in [0.2, 0.25) is 0 Å². The van der Waals surface area contributed by atoms with Gasteiger partial charge in [0.1, 0.15) is 5.76 Å². The molecule has 1 saturated heterocycles. The van der Waals surface area contributed by atoms with Crippen LogP contribution in [-0.2, 0) is 13.0 Å². The molecule has 2 aliphatic heterocycles. The summed E-state index contributed by atoms with van der Waals surface area (Å²) in [7, 11) is 0. The molecule has 0 spiro atoms. The predicted molar refractivity (Wildman–Crippen MR) is 87.1 cm³/mol. The fraction of sp³-hybridized carbons (Fsp3) is 0.412. The quantitative estimate of drug-likeness (QED) is 0.848. The van der Waals surface area contributed by atoms with Crippen LogP contribution < -0.4 is 4.90 Å². The van der Waals surface area contributed by atoms with Crippen molar-refractivity contribution in [3.63, 3.8) is 0 Å². The van der Waals surface area contributed by atoms with Gasteiger partial charge in [-0.15, -0.1) is 12.4 Å². The number of rotatable bonds is 2. The van der Waals surface area contributed by atoms with Crippen LogP contribution in [0.5, 0.6) is 0 Å². The third kappa shape index (κ3) is 2.81. The maximum Gasteiger partial charge on any atom is 0.117 e. The Kier molecular flexibility index (Phi) is 4.22. The standard InChI is InChI=1S/C17H20N2O.ClH/c1-2-6-17-14(4-1)7-8-15-12-18(9-10-19(15)17)13-16-5-3-11-20-16;/h1-6,11,15H,7-10,12-13H2;1H. The largest absolute Gasteiger partial charge is 0.468 e. The van der Waals surface area contributed by atoms with E-state index in [1.165, 1.54) is 24.1 Å². The molecule has 21 heavy (non-hydrogen) atoms. The molecule has 0 N–H and O–H groups in total. The normalized spacial score (nSPS) is 21.3. The summed E-state index contributed by atoms with van der Waals surface area (Å²) in [5, 5.41) is 0. The van der Waals surface area contributed by atoms with Crippen LogP contribution in [0.4, 0.5) is 5.69 Å². The van der Waals surface area contributed by atoms with Crippen molar-refractivity contribution in [2.24, 2.45) is 0 Å². The summed E-state index contributed by atoms with van der Waals surface area (Å²) in [5.41, 5.74) is 2.98. The van der Waals surface area contributed by atoms with Gasteiger partial charge in [0, 0.05) is 31.4 Å². The highest BCUT2D eigenvalue weighted by atomic mass is 35.5. The van der Waals surface area contributed by atoms with Crippen molar-refractivity contribution >= 4 is 18.1 Å². The second-order valence-electron chi connectivity index (χ2n) is 5.83. The number of hydrogen-bond donors (Lipinski definition) is 0. The van der Waals surface area contributed by atoms with Gasteiger partial charge in [-0.3, -0.25) is 4.90 Å². The van der Waals surface area contributed by atoms with Crippen LogP contribution in [0, 0.1) is 0 Å². The molecule has 0 aliphatic carbocycles. The minimum Gasteiger partial charge on any atom is -0.468 e. The topological polar surface area (TPSA) is 19.6 Å². The van der Waals surface area contributed by atoms with Gasteiger partial charge in [-0.1, -0.05) is 18.2 Å². The second kappa shape index (κ2) is 6.12. The van der Waals surface area contributed by atoms with Crippen LogP contribution >= 0.6 is 12.4 Å². The van der Waals surface area contributed by atoms with Crippen molar-refractivity contribution in [3.05, 3.63) is 54.0 Å². The molecule has 112 valence electrons. The number of fused-ring (bicyclic) bond motifs is 3. The number of furan rings is 1. The van der Waals surface area contributed by atoms with Gasteiger partial charge < -0.3 is 9.32 Å². The minimum atomic E-state index is 0. The summed E-state index contributed by atoms with van der Waals surface area (Å²) in [6.07, 6.45) is 4.25. The number of piperazine rings is 1. The molecule has 0 amide bonds. The SMILES string of the molecule is Cl.c1coc(CN2CCN3c4ccccc4CCC3C2)c1. The molecule has 4 heteroatoms. The zero-order valence-corrected chi connectivity index (χ0v) is 12.9. The Labute approximate surface area is 131 Å². The summed E-state index contributed by atoms with van der Waals surface area (Å²) in [6, 6.07) is 13.6. The average Bonchev–Trinajstić information content (AvgIpc) is 3.00. The lowest BCUT2D eigenvalue weighted by atomic mass is 9.94. The first-order valence-electron chi connectivity index (χ1n) is 7.49. The summed E-state index contributed by atoms with van der Waals surface area (Å²) in [6.45, 7) is 4.34. The fourth-order valence-electron chi connectivity index (χ4n) is 3.57. The van der Waals surface area contributed by atoms with Crippen molar-refractivity contribution in [3.8, 4) is 0 Å². The monoisotopic (exact) mass is 304 g/mol. The van der Waals surface area contributed by atoms with Gasteiger partial charge in [-0.05, 0) is 36.6 Å². The Bertz CT molecular complexity index is 584. The van der Waals surface area contributed by atoms with Crippen molar-refractivity contribution in [1.29, 1.82) is 0 Å². The predicted octanol–water partition coefficient (Wildman–Crippen LogP) is 3.34. The number of anilines is 1. The molecule has 2 aromatic rings. The number of halogens is 1. The smallest absolute Gasteiger partial charge is 0.117 e. The van der Waals surface area contributed by atoms with Crippen molar-refractivity contribution in [2.45, 2.75) is 25.4 Å². The van der Waals surface area contributed by atoms with E-state index in [1.54, 1.807) is 6.26 Å². The Balaban J connectivity index is 0.00000132. The van der Waals surface area contributed by atoms with Gasteiger partial charge in [-0.25, -0.2) is 0 Å². The van der Waals surface area contributed by atoms with E-state index >= 15 is 0 Å². The molecule has 1 aromatic heterocycles. The highest BCUT2D eigenvalue weighted by molar-refractivity contribution is 5.85. The molecule has 0 radical (unpaired) electrons. The van der Waals surface area contributed by atoms with Crippen LogP contribution in [0.15, 0.2) is 47.1 Å². The van der Waals surface area contributed by atoms with Gasteiger partial charge in [0.25, 0.3) is 0 Å². The fourth-order valence-corrected chi connectivity index (χ4v) is 3.57. The maximum absolute atomic E-state index is 5.47. The average molecular weight is 305 g/mol. The number of benzene rings is 1. The van der Waals surface area contributed by atoms with E-state index in [2.05, 4.69) is 40.1 Å². The maximum atomic E-state index is 5.47. The number of para-hydroxylation sites is 1. The lowest BCUT2D eigenvalue weighted by molar-refractivity contribution is 0.193. The summed E-state index contributed by atoms with van der Waals surface area (Å²) < 4.78 is 5.47. The number of nitrogens with zero attached hydrogens (tertiary/aromatic N) is 2. The van der Waals surface area contributed by atoms with Crippen molar-refractivity contribution in [2.75, 3.05) is 24.5 Å². The molecule has 1 aromatic carbocycles. The molecular weight excluding hydrogens is 284 g/mol. The van der Waals surface area contributed by atoms with E-state index in [0.29, 0.717) is 6.04 Å². The molecule has 1 atom stereocenters. The first kappa shape index (κ1) is 14.5. The van der Waals surface area contributed by atoms with Crippen molar-refractivity contribution in [1.82, 2.24) is 4.90 Å². The summed E-state index contributed by atoms with van der Waals surface area (Å²) in [4.78, 5) is 5.13. The summed E-state index contributed by atoms with van der Waals surface area (Å²) in [5.74, 6) is 1.08. The third-order valence-electron chi connectivity index (χ3n) is 4.57. The Morgan fingerprint density at radius 2 is 2.00 bits per heavy atom. The van der Waals surface area contributed by atoms with E-state index in [1.807, 2.05) is 6.07 Å². The molecule has 3 heterocycles. The molecule has 4 rings (SSSR count). The van der Waals surface area contributed by atoms with Gasteiger partial charge in [-0.2, -0.15) is 0 Å². The molecule has 3 nitrogen and oxygen atoms in total. The second-order valence-corrected chi connectivity index (χ2v) is 5.83. The lowest BCUT2D eigenvalue weighted by Crippen LogP contribution is -2.54. The lowest BCUT2D eigenvalue weighted by Gasteiger charge is -2.46. The molecular formula is C17H21ClN2O. The van der Waals surface area contributed by atoms with E-state index in [9.17, 15) is 0 Å². The third-order valence-corrected chi connectivity index (χ3v) is 4.57. The van der Waals surface area contributed by atoms with Crippen LogP contribution in [0.1, 0.15) is 17.7 Å². The molecule has 1 unspecified atom stereocenters. The Morgan fingerprint density at radius 1 is 1.10 bits per heavy atom. The van der Waals surface area contributed by atoms with E-state index in [-0.39, 0.29) is 12.4 Å². The van der Waals surface area contributed by atoms with Gasteiger partial charge in [0.2, 0.25) is 0 Å². The Morgan fingerprint density at radius 3 is 2.86 bits per heavy atom. The van der Waals surface area contributed by atoms with Crippen molar-refractivity contribution < 1.29 is 4.42 Å². The highest BCUT2D eigenvalue weighted by Gasteiger charge is 2.31. The zero-order valence-electron chi connectivity index (χ0n) is 12.1. The first-order chi connectivity index (χ1) is 9.90. The molecule has 2 aliphatic rings. The zero-order chi connectivity index (χ0) is 13.4. The number of hydrogen-bond acceptors (Lipinski definition) is 3. The number of aryl methyl sites for hydroxylation is 1. The molecule has 1 fully saturated rings. The first-order valence-corrected chi connectivity index (χ1v) is 7.49. The highest BCUT2D eigenvalue weighted by Crippen LogP contribution is 2.32. The van der Waals surface area contributed by atoms with Crippen LogP contribution in [0.3, 0.4) is 0 Å². The van der Waals surface area contributed by atoms with Gasteiger partial charge in [0.15, 0.2) is 0 Å². The molecule has 0 bridgehead atoms. The van der Waals surface area contributed by atoms with E-state index in [0.717, 1.165) is 31.9 Å². The van der Waals surface area contributed by atoms with Crippen LogP contribution in [-0.4, -0.2) is 30.6 Å². The van der Waals surface area contributed by atoms with E-state index in [4.69, 9.17) is 4.42 Å². The van der Waals surface area contributed by atoms with Crippen LogP contribution in [0.25, 0.3) is 0 Å².